The van der Waals surface area contributed by atoms with Crippen molar-refractivity contribution in [1.82, 2.24) is 4.98 Å². The van der Waals surface area contributed by atoms with Gasteiger partial charge >= 0.3 is 6.18 Å². The summed E-state index contributed by atoms with van der Waals surface area (Å²) >= 11 is 0. The van der Waals surface area contributed by atoms with Crippen LogP contribution in [-0.2, 0) is 6.18 Å². The molecule has 2 rings (SSSR count). The molecule has 1 aromatic heterocycles. The Hall–Kier alpha value is -2.55. The number of nitriles is 1. The molecule has 1 heterocycles. The van der Waals surface area contributed by atoms with Crippen molar-refractivity contribution in [3.05, 3.63) is 47.8 Å². The number of methoxy groups -OCH3 is 1. The van der Waals surface area contributed by atoms with Crippen LogP contribution >= 0.6 is 0 Å². The smallest absolute Gasteiger partial charge is 0.417 e. The van der Waals surface area contributed by atoms with Crippen LogP contribution in [0.1, 0.15) is 11.1 Å². The van der Waals surface area contributed by atoms with E-state index in [1.807, 2.05) is 0 Å². The standard InChI is InChI=1S/C14H9F3N2O/c1-20-13-4-5-19-8-11(13)9-2-3-10(7-18)12(6-9)14(15,16)17/h2-6,8H,1H3. The molecule has 0 saturated carbocycles. The van der Waals surface area contributed by atoms with E-state index in [9.17, 15) is 13.2 Å². The molecule has 0 saturated heterocycles. The molecule has 6 heteroatoms. The fraction of sp³-hybridized carbons (Fsp3) is 0.143. The molecule has 102 valence electrons. The van der Waals surface area contributed by atoms with Gasteiger partial charge in [0.05, 0.1) is 24.3 Å². The fourth-order valence-corrected chi connectivity index (χ4v) is 1.82. The molecular formula is C14H9F3N2O. The number of rotatable bonds is 2. The summed E-state index contributed by atoms with van der Waals surface area (Å²) in [5, 5.41) is 8.76. The van der Waals surface area contributed by atoms with Gasteiger partial charge in [0.25, 0.3) is 0 Å². The van der Waals surface area contributed by atoms with E-state index in [1.165, 1.54) is 25.6 Å². The van der Waals surface area contributed by atoms with Gasteiger partial charge in [0.1, 0.15) is 5.75 Å². The first-order chi connectivity index (χ1) is 9.47. The Kier molecular flexibility index (Phi) is 3.61. The summed E-state index contributed by atoms with van der Waals surface area (Å²) in [5.74, 6) is 0.415. The summed E-state index contributed by atoms with van der Waals surface area (Å²) in [4.78, 5) is 3.88. The van der Waals surface area contributed by atoms with Gasteiger partial charge in [-0.1, -0.05) is 6.07 Å². The Morgan fingerprint density at radius 1 is 1.25 bits per heavy atom. The van der Waals surface area contributed by atoms with Gasteiger partial charge in [-0.05, 0) is 23.8 Å². The van der Waals surface area contributed by atoms with Crippen LogP contribution in [0, 0.1) is 11.3 Å². The van der Waals surface area contributed by atoms with Crippen LogP contribution in [0.25, 0.3) is 11.1 Å². The van der Waals surface area contributed by atoms with Crippen molar-refractivity contribution in [2.75, 3.05) is 7.11 Å². The lowest BCUT2D eigenvalue weighted by Gasteiger charge is -2.12. The van der Waals surface area contributed by atoms with Gasteiger partial charge < -0.3 is 4.74 Å². The number of pyridine rings is 1. The number of hydrogen-bond acceptors (Lipinski definition) is 3. The Morgan fingerprint density at radius 3 is 2.60 bits per heavy atom. The molecule has 0 spiro atoms. The first-order valence-electron chi connectivity index (χ1n) is 5.57. The summed E-state index contributed by atoms with van der Waals surface area (Å²) < 4.78 is 43.8. The molecule has 0 unspecified atom stereocenters. The highest BCUT2D eigenvalue weighted by Crippen LogP contribution is 2.36. The van der Waals surface area contributed by atoms with Crippen LogP contribution in [0.15, 0.2) is 36.7 Å². The van der Waals surface area contributed by atoms with Crippen LogP contribution < -0.4 is 4.74 Å². The number of ether oxygens (including phenoxy) is 1. The van der Waals surface area contributed by atoms with Crippen LogP contribution in [0.2, 0.25) is 0 Å². The molecule has 0 fully saturated rings. The van der Waals surface area contributed by atoms with Gasteiger partial charge in [0, 0.05) is 18.0 Å². The van der Waals surface area contributed by atoms with Crippen molar-refractivity contribution in [3.8, 4) is 22.9 Å². The van der Waals surface area contributed by atoms with Gasteiger partial charge in [-0.15, -0.1) is 0 Å². The van der Waals surface area contributed by atoms with E-state index in [0.29, 0.717) is 16.9 Å². The summed E-state index contributed by atoms with van der Waals surface area (Å²) in [6.45, 7) is 0. The number of hydrogen-bond donors (Lipinski definition) is 0. The third-order valence-corrected chi connectivity index (χ3v) is 2.76. The van der Waals surface area contributed by atoms with Crippen LogP contribution in [0.5, 0.6) is 5.75 Å². The van der Waals surface area contributed by atoms with Gasteiger partial charge in [-0.2, -0.15) is 18.4 Å². The van der Waals surface area contributed by atoms with Crippen molar-refractivity contribution in [2.45, 2.75) is 6.18 Å². The van der Waals surface area contributed by atoms with Gasteiger partial charge in [-0.3, -0.25) is 4.98 Å². The van der Waals surface area contributed by atoms with Crippen molar-refractivity contribution >= 4 is 0 Å². The minimum atomic E-state index is -4.59. The molecule has 0 bridgehead atoms. The second-order valence-corrected chi connectivity index (χ2v) is 3.95. The van der Waals surface area contributed by atoms with E-state index in [4.69, 9.17) is 10.00 Å². The van der Waals surface area contributed by atoms with E-state index in [1.54, 1.807) is 12.1 Å². The Balaban J connectivity index is 2.63. The molecule has 0 radical (unpaired) electrons. The van der Waals surface area contributed by atoms with Gasteiger partial charge in [0.15, 0.2) is 0 Å². The van der Waals surface area contributed by atoms with Crippen molar-refractivity contribution < 1.29 is 17.9 Å². The molecular weight excluding hydrogens is 269 g/mol. The minimum absolute atomic E-state index is 0.293. The average Bonchev–Trinajstić information content (AvgIpc) is 2.45. The van der Waals surface area contributed by atoms with Crippen molar-refractivity contribution in [2.24, 2.45) is 0 Å². The number of aromatic nitrogens is 1. The second-order valence-electron chi connectivity index (χ2n) is 3.95. The minimum Gasteiger partial charge on any atom is -0.496 e. The highest BCUT2D eigenvalue weighted by molar-refractivity contribution is 5.71. The third kappa shape index (κ3) is 2.57. The fourth-order valence-electron chi connectivity index (χ4n) is 1.82. The maximum Gasteiger partial charge on any atom is 0.417 e. The quantitative estimate of drug-likeness (QED) is 0.842. The largest absolute Gasteiger partial charge is 0.496 e. The van der Waals surface area contributed by atoms with E-state index in [-0.39, 0.29) is 0 Å². The van der Waals surface area contributed by atoms with Crippen LogP contribution in [0.3, 0.4) is 0 Å². The highest BCUT2D eigenvalue weighted by atomic mass is 19.4. The average molecular weight is 278 g/mol. The number of alkyl halides is 3. The van der Waals surface area contributed by atoms with Crippen LogP contribution in [-0.4, -0.2) is 12.1 Å². The third-order valence-electron chi connectivity index (χ3n) is 2.76. The topological polar surface area (TPSA) is 45.9 Å². The van der Waals surface area contributed by atoms with E-state index in [2.05, 4.69) is 4.98 Å². The lowest BCUT2D eigenvalue weighted by atomic mass is 10.00. The summed E-state index contributed by atoms with van der Waals surface area (Å²) in [5.41, 5.74) is -0.654. The Bertz CT molecular complexity index is 675. The molecule has 0 aliphatic rings. The molecule has 0 atom stereocenters. The first kappa shape index (κ1) is 13.9. The van der Waals surface area contributed by atoms with E-state index in [0.717, 1.165) is 12.1 Å². The van der Waals surface area contributed by atoms with Crippen LogP contribution in [0.4, 0.5) is 13.2 Å². The van der Waals surface area contributed by atoms with E-state index < -0.39 is 17.3 Å². The zero-order valence-electron chi connectivity index (χ0n) is 10.4. The zero-order chi connectivity index (χ0) is 14.8. The molecule has 3 nitrogen and oxygen atoms in total. The summed E-state index contributed by atoms with van der Waals surface area (Å²) in [7, 11) is 1.42. The van der Waals surface area contributed by atoms with Gasteiger partial charge in [0.2, 0.25) is 0 Å². The number of nitrogens with zero attached hydrogens (tertiary/aromatic N) is 2. The normalized spacial score (nSPS) is 10.9. The molecule has 1 aromatic carbocycles. The van der Waals surface area contributed by atoms with Gasteiger partial charge in [-0.25, -0.2) is 0 Å². The number of benzene rings is 1. The monoisotopic (exact) mass is 278 g/mol. The lowest BCUT2D eigenvalue weighted by molar-refractivity contribution is -0.137. The highest BCUT2D eigenvalue weighted by Gasteiger charge is 2.34. The molecule has 0 aliphatic carbocycles. The maximum absolute atomic E-state index is 12.9. The van der Waals surface area contributed by atoms with Crippen molar-refractivity contribution in [1.29, 1.82) is 5.26 Å². The molecule has 0 amide bonds. The second kappa shape index (κ2) is 5.21. The predicted octanol–water partition coefficient (Wildman–Crippen LogP) is 3.65. The summed E-state index contributed by atoms with van der Waals surface area (Å²) in [6.07, 6.45) is -1.69. The Morgan fingerprint density at radius 2 is 2.00 bits per heavy atom. The summed E-state index contributed by atoms with van der Waals surface area (Å²) in [6, 6.07) is 6.61. The molecule has 20 heavy (non-hydrogen) atoms. The molecule has 0 N–H and O–H groups in total. The maximum atomic E-state index is 12.9. The zero-order valence-corrected chi connectivity index (χ0v) is 10.4. The molecule has 2 aromatic rings. The van der Waals surface area contributed by atoms with Crippen molar-refractivity contribution in [3.63, 3.8) is 0 Å². The SMILES string of the molecule is COc1ccncc1-c1ccc(C#N)c(C(F)(F)F)c1. The predicted molar refractivity (Wildman–Crippen MR) is 65.9 cm³/mol. The number of halogens is 3. The first-order valence-corrected chi connectivity index (χ1v) is 5.57. The lowest BCUT2D eigenvalue weighted by Crippen LogP contribution is -2.08. The Labute approximate surface area is 113 Å². The van der Waals surface area contributed by atoms with E-state index >= 15 is 0 Å². The molecule has 0 aliphatic heterocycles.